The van der Waals surface area contributed by atoms with E-state index in [1.54, 1.807) is 6.26 Å². The minimum Gasteiger partial charge on any atom is -0.462 e. The van der Waals surface area contributed by atoms with Crippen LogP contribution in [0.1, 0.15) is 50.7 Å². The molecule has 124 valence electrons. The van der Waals surface area contributed by atoms with Gasteiger partial charge in [0.05, 0.1) is 12.5 Å². The van der Waals surface area contributed by atoms with Crippen molar-refractivity contribution in [1.29, 1.82) is 0 Å². The van der Waals surface area contributed by atoms with E-state index in [1.807, 2.05) is 36.8 Å². The fourth-order valence-electron chi connectivity index (χ4n) is 2.72. The molecule has 4 aromatic rings. The molecule has 0 amide bonds. The third-order valence-corrected chi connectivity index (χ3v) is 4.01. The van der Waals surface area contributed by atoms with Crippen molar-refractivity contribution in [3.63, 3.8) is 0 Å². The molecule has 5 heteroatoms. The first kappa shape index (κ1) is 16.2. The third-order valence-electron chi connectivity index (χ3n) is 4.01. The van der Waals surface area contributed by atoms with Crippen molar-refractivity contribution in [2.75, 3.05) is 0 Å². The smallest absolute Gasteiger partial charge is 0.155 e. The molecule has 0 aliphatic heterocycles. The number of rotatable bonds is 2. The van der Waals surface area contributed by atoms with Crippen molar-refractivity contribution in [1.82, 2.24) is 20.2 Å². The monoisotopic (exact) mass is 322 g/mol. The Balaban J connectivity index is 0.000000141. The van der Waals surface area contributed by atoms with Gasteiger partial charge in [0.1, 0.15) is 5.52 Å². The number of hydrogen-bond acceptors (Lipinski definition) is 4. The zero-order valence-electron chi connectivity index (χ0n) is 14.4. The molecule has 0 unspecified atom stereocenters. The summed E-state index contributed by atoms with van der Waals surface area (Å²) in [6, 6.07) is 5.94. The van der Waals surface area contributed by atoms with Crippen LogP contribution in [0, 0.1) is 0 Å². The van der Waals surface area contributed by atoms with Crippen LogP contribution >= 0.6 is 0 Å². The van der Waals surface area contributed by atoms with Crippen LogP contribution in [0.3, 0.4) is 0 Å². The quantitative estimate of drug-likeness (QED) is 0.562. The van der Waals surface area contributed by atoms with Gasteiger partial charge >= 0.3 is 0 Å². The minimum absolute atomic E-state index is 0.488. The molecule has 0 aromatic carbocycles. The third kappa shape index (κ3) is 3.15. The molecule has 24 heavy (non-hydrogen) atoms. The maximum absolute atomic E-state index is 5.35. The Hall–Kier alpha value is -2.69. The van der Waals surface area contributed by atoms with E-state index in [4.69, 9.17) is 4.42 Å². The Morgan fingerprint density at radius 3 is 2.38 bits per heavy atom. The summed E-state index contributed by atoms with van der Waals surface area (Å²) in [6.07, 6.45) is 7.16. The first-order valence-corrected chi connectivity index (χ1v) is 8.18. The van der Waals surface area contributed by atoms with Gasteiger partial charge in [-0.3, -0.25) is 10.1 Å². The SMILES string of the molecule is CC(C)c1ccnc2[nH]ncc12.CC(C)c1ccnc2ccoc12. The molecule has 4 rings (SSSR count). The largest absolute Gasteiger partial charge is 0.462 e. The number of H-pyrrole nitrogens is 1. The summed E-state index contributed by atoms with van der Waals surface area (Å²) in [5, 5.41) is 7.94. The van der Waals surface area contributed by atoms with E-state index in [0.717, 1.165) is 22.1 Å². The van der Waals surface area contributed by atoms with Crippen LogP contribution in [0.2, 0.25) is 0 Å². The van der Waals surface area contributed by atoms with E-state index in [2.05, 4.69) is 47.9 Å². The van der Waals surface area contributed by atoms with E-state index in [9.17, 15) is 0 Å². The van der Waals surface area contributed by atoms with Crippen molar-refractivity contribution in [2.24, 2.45) is 0 Å². The van der Waals surface area contributed by atoms with Crippen LogP contribution in [-0.4, -0.2) is 20.2 Å². The van der Waals surface area contributed by atoms with Gasteiger partial charge in [-0.1, -0.05) is 27.7 Å². The van der Waals surface area contributed by atoms with Crippen molar-refractivity contribution in [3.8, 4) is 0 Å². The number of pyridine rings is 2. The second-order valence-corrected chi connectivity index (χ2v) is 6.38. The number of fused-ring (bicyclic) bond motifs is 2. The van der Waals surface area contributed by atoms with Gasteiger partial charge in [0, 0.05) is 29.4 Å². The lowest BCUT2D eigenvalue weighted by Gasteiger charge is -2.04. The van der Waals surface area contributed by atoms with Gasteiger partial charge < -0.3 is 4.42 Å². The molecule has 1 N–H and O–H groups in total. The Bertz CT molecular complexity index is 859. The number of aromatic amines is 1. The van der Waals surface area contributed by atoms with Crippen molar-refractivity contribution in [3.05, 3.63) is 54.2 Å². The van der Waals surface area contributed by atoms with Crippen molar-refractivity contribution >= 4 is 22.1 Å². The lowest BCUT2D eigenvalue weighted by molar-refractivity contribution is 0.606. The van der Waals surface area contributed by atoms with Gasteiger partial charge in [0.15, 0.2) is 11.2 Å². The Morgan fingerprint density at radius 1 is 0.917 bits per heavy atom. The molecular weight excluding hydrogens is 300 g/mol. The fraction of sp³-hybridized carbons (Fsp3) is 0.316. The van der Waals surface area contributed by atoms with E-state index in [0.29, 0.717) is 11.8 Å². The first-order valence-electron chi connectivity index (χ1n) is 8.18. The number of furan rings is 1. The Labute approximate surface area is 141 Å². The fourth-order valence-corrected chi connectivity index (χ4v) is 2.72. The summed E-state index contributed by atoms with van der Waals surface area (Å²) in [6.45, 7) is 8.64. The van der Waals surface area contributed by atoms with Gasteiger partial charge in [-0.05, 0) is 29.5 Å². The molecule has 4 aromatic heterocycles. The lowest BCUT2D eigenvalue weighted by atomic mass is 10.0. The highest BCUT2D eigenvalue weighted by Crippen LogP contribution is 2.24. The highest BCUT2D eigenvalue weighted by atomic mass is 16.3. The predicted octanol–water partition coefficient (Wildman–Crippen LogP) is 5.03. The summed E-state index contributed by atoms with van der Waals surface area (Å²) >= 11 is 0. The molecule has 0 aliphatic carbocycles. The molecule has 0 spiro atoms. The summed E-state index contributed by atoms with van der Waals surface area (Å²) in [5.41, 5.74) is 5.27. The maximum atomic E-state index is 5.35. The predicted molar refractivity (Wildman–Crippen MR) is 96.1 cm³/mol. The van der Waals surface area contributed by atoms with Gasteiger partial charge in [-0.15, -0.1) is 0 Å². The highest BCUT2D eigenvalue weighted by Gasteiger charge is 2.07. The summed E-state index contributed by atoms with van der Waals surface area (Å²) in [5.74, 6) is 1.01. The normalized spacial score (nSPS) is 11.2. The van der Waals surface area contributed by atoms with E-state index >= 15 is 0 Å². The highest BCUT2D eigenvalue weighted by molar-refractivity contribution is 5.78. The summed E-state index contributed by atoms with van der Waals surface area (Å²) < 4.78 is 5.35. The lowest BCUT2D eigenvalue weighted by Crippen LogP contribution is -1.88. The number of nitrogens with one attached hydrogen (secondary N) is 1. The van der Waals surface area contributed by atoms with Crippen LogP contribution in [0.25, 0.3) is 22.1 Å². The van der Waals surface area contributed by atoms with E-state index in [-0.39, 0.29) is 0 Å². The van der Waals surface area contributed by atoms with Gasteiger partial charge in [0.2, 0.25) is 0 Å². The standard InChI is InChI=1S/C10H11NO.C9H11N3/c1-7(2)8-3-5-11-9-4-6-12-10(8)9;1-6(2)7-3-4-10-9-8(7)5-11-12-9/h3-7H,1-2H3;3-6H,1-2H3,(H,10,11,12). The molecule has 4 heterocycles. The topological polar surface area (TPSA) is 67.6 Å². The second-order valence-electron chi connectivity index (χ2n) is 6.38. The Morgan fingerprint density at radius 2 is 1.62 bits per heavy atom. The van der Waals surface area contributed by atoms with Crippen LogP contribution in [0.4, 0.5) is 0 Å². The molecule has 0 fully saturated rings. The van der Waals surface area contributed by atoms with Crippen molar-refractivity contribution in [2.45, 2.75) is 39.5 Å². The maximum Gasteiger partial charge on any atom is 0.155 e. The van der Waals surface area contributed by atoms with Gasteiger partial charge in [-0.25, -0.2) is 4.98 Å². The minimum atomic E-state index is 0.488. The van der Waals surface area contributed by atoms with Gasteiger partial charge in [0.25, 0.3) is 0 Å². The molecule has 0 saturated carbocycles. The molecule has 0 aliphatic rings. The van der Waals surface area contributed by atoms with E-state index in [1.165, 1.54) is 11.1 Å². The average molecular weight is 322 g/mol. The van der Waals surface area contributed by atoms with Crippen molar-refractivity contribution < 1.29 is 4.42 Å². The molecule has 0 bridgehead atoms. The Kier molecular flexibility index (Phi) is 4.60. The molecule has 0 saturated heterocycles. The first-order chi connectivity index (χ1) is 11.6. The zero-order valence-corrected chi connectivity index (χ0v) is 14.4. The van der Waals surface area contributed by atoms with Crippen LogP contribution in [0.15, 0.2) is 47.5 Å². The number of nitrogens with zero attached hydrogens (tertiary/aromatic N) is 3. The molecule has 0 atom stereocenters. The molecule has 0 radical (unpaired) electrons. The number of hydrogen-bond donors (Lipinski definition) is 1. The van der Waals surface area contributed by atoms with Gasteiger partial charge in [-0.2, -0.15) is 5.10 Å². The van der Waals surface area contributed by atoms with E-state index < -0.39 is 0 Å². The van der Waals surface area contributed by atoms with Crippen LogP contribution < -0.4 is 0 Å². The summed E-state index contributed by atoms with van der Waals surface area (Å²) in [4.78, 5) is 8.36. The molecular formula is C19H22N4O. The zero-order chi connectivity index (χ0) is 17.1. The van der Waals surface area contributed by atoms with Crippen LogP contribution in [0.5, 0.6) is 0 Å². The molecule has 5 nitrogen and oxygen atoms in total. The van der Waals surface area contributed by atoms with Crippen LogP contribution in [-0.2, 0) is 0 Å². The average Bonchev–Trinajstić information content (AvgIpc) is 3.23. The second kappa shape index (κ2) is 6.83. The summed E-state index contributed by atoms with van der Waals surface area (Å²) in [7, 11) is 0. The number of aromatic nitrogens is 4.